The Morgan fingerprint density at radius 2 is 1.72 bits per heavy atom. The van der Waals surface area contributed by atoms with Crippen molar-refractivity contribution in [2.75, 3.05) is 10.6 Å². The highest BCUT2D eigenvalue weighted by molar-refractivity contribution is 6.05. The van der Waals surface area contributed by atoms with Gasteiger partial charge in [0.1, 0.15) is 6.04 Å². The van der Waals surface area contributed by atoms with Crippen LogP contribution in [0.1, 0.15) is 24.2 Å². The summed E-state index contributed by atoms with van der Waals surface area (Å²) in [5.74, 6) is 0.950. The number of nitrogens with one attached hydrogen (secondary N) is 2. The quantitative estimate of drug-likeness (QED) is 0.503. The van der Waals surface area contributed by atoms with Crippen LogP contribution in [-0.4, -0.2) is 25.7 Å². The number of hydrogen-bond donors (Lipinski definition) is 2. The van der Waals surface area contributed by atoms with Crippen molar-refractivity contribution in [2.45, 2.75) is 19.9 Å². The zero-order chi connectivity index (χ0) is 22.1. The molecule has 0 radical (unpaired) electrons. The molecule has 1 unspecified atom stereocenters. The lowest BCUT2D eigenvalue weighted by Crippen LogP contribution is -2.32. The van der Waals surface area contributed by atoms with Crippen molar-refractivity contribution < 1.29 is 4.79 Å². The summed E-state index contributed by atoms with van der Waals surface area (Å²) >= 11 is 0. The van der Waals surface area contributed by atoms with Crippen LogP contribution in [-0.2, 0) is 4.79 Å². The van der Waals surface area contributed by atoms with Gasteiger partial charge in [-0.3, -0.25) is 9.78 Å². The van der Waals surface area contributed by atoms with E-state index >= 15 is 0 Å². The predicted molar refractivity (Wildman–Crippen MR) is 124 cm³/mol. The molecule has 2 aromatic heterocycles. The van der Waals surface area contributed by atoms with Gasteiger partial charge in [0.25, 0.3) is 5.91 Å². The van der Waals surface area contributed by atoms with Crippen LogP contribution in [0.15, 0.2) is 90.3 Å². The number of fused-ring (bicyclic) bond motifs is 1. The molecular formula is C25H22N6O. The summed E-state index contributed by atoms with van der Waals surface area (Å²) in [7, 11) is 0. The maximum absolute atomic E-state index is 13.4. The van der Waals surface area contributed by atoms with Gasteiger partial charge in [-0.05, 0) is 38.1 Å². The van der Waals surface area contributed by atoms with Crippen molar-refractivity contribution in [3.63, 3.8) is 0 Å². The number of para-hydroxylation sites is 1. The summed E-state index contributed by atoms with van der Waals surface area (Å²) in [6, 6.07) is 22.6. The molecular weight excluding hydrogens is 400 g/mol. The van der Waals surface area contributed by atoms with Gasteiger partial charge in [-0.2, -0.15) is 4.98 Å². The summed E-state index contributed by atoms with van der Waals surface area (Å²) in [5, 5.41) is 11.0. The van der Waals surface area contributed by atoms with Crippen LogP contribution in [0, 0.1) is 6.92 Å². The number of amides is 1. The van der Waals surface area contributed by atoms with Gasteiger partial charge in [0.05, 0.1) is 11.3 Å². The van der Waals surface area contributed by atoms with E-state index in [2.05, 4.69) is 15.6 Å². The van der Waals surface area contributed by atoms with Crippen molar-refractivity contribution in [3.05, 3.63) is 102 Å². The Bertz CT molecular complexity index is 1290. The van der Waals surface area contributed by atoms with E-state index in [0.717, 1.165) is 11.3 Å². The summed E-state index contributed by atoms with van der Waals surface area (Å²) in [5.41, 5.74) is 4.77. The van der Waals surface area contributed by atoms with Crippen LogP contribution in [0.2, 0.25) is 0 Å². The van der Waals surface area contributed by atoms with Gasteiger partial charge in [-0.15, -0.1) is 5.10 Å². The first-order chi connectivity index (χ1) is 15.6. The molecule has 158 valence electrons. The van der Waals surface area contributed by atoms with Crippen molar-refractivity contribution in [2.24, 2.45) is 0 Å². The normalized spacial score (nSPS) is 15.1. The fraction of sp³-hybridized carbons (Fsp3) is 0.120. The molecule has 0 saturated heterocycles. The van der Waals surface area contributed by atoms with Gasteiger partial charge in [-0.1, -0.05) is 54.1 Å². The van der Waals surface area contributed by atoms with Gasteiger partial charge in [-0.25, -0.2) is 4.68 Å². The van der Waals surface area contributed by atoms with Crippen LogP contribution in [0.5, 0.6) is 0 Å². The number of anilines is 2. The molecule has 1 atom stereocenters. The number of benzene rings is 2. The number of allylic oxidation sites excluding steroid dienone is 1. The van der Waals surface area contributed by atoms with E-state index in [0.29, 0.717) is 28.7 Å². The summed E-state index contributed by atoms with van der Waals surface area (Å²) in [6.45, 7) is 3.92. The van der Waals surface area contributed by atoms with E-state index in [4.69, 9.17) is 10.1 Å². The molecule has 4 aromatic rings. The first-order valence-corrected chi connectivity index (χ1v) is 10.4. The average Bonchev–Trinajstić information content (AvgIpc) is 3.23. The van der Waals surface area contributed by atoms with Crippen LogP contribution in [0.4, 0.5) is 11.6 Å². The Morgan fingerprint density at radius 1 is 0.969 bits per heavy atom. The second-order valence-electron chi connectivity index (χ2n) is 7.71. The molecule has 2 aromatic carbocycles. The van der Waals surface area contributed by atoms with Crippen LogP contribution >= 0.6 is 0 Å². The van der Waals surface area contributed by atoms with Gasteiger partial charge >= 0.3 is 0 Å². The van der Waals surface area contributed by atoms with Crippen molar-refractivity contribution in [1.82, 2.24) is 19.7 Å². The highest BCUT2D eigenvalue weighted by atomic mass is 16.1. The standard InChI is InChI=1S/C25H22N6O/c1-16-11-13-18(14-12-16)23-29-25-27-17(2)21(24(32)28-19-8-4-3-5-9-19)22(31(25)30-23)20-10-6-7-15-26-20/h3-15,22H,1-2H3,(H,28,32)(H,27,29,30). The highest BCUT2D eigenvalue weighted by Crippen LogP contribution is 2.36. The minimum Gasteiger partial charge on any atom is -0.328 e. The number of nitrogens with zero attached hydrogens (tertiary/aromatic N) is 4. The largest absolute Gasteiger partial charge is 0.328 e. The summed E-state index contributed by atoms with van der Waals surface area (Å²) in [4.78, 5) is 22.6. The molecule has 3 heterocycles. The van der Waals surface area contributed by atoms with Crippen LogP contribution in [0.3, 0.4) is 0 Å². The van der Waals surface area contributed by atoms with Crippen LogP contribution in [0.25, 0.3) is 11.4 Å². The molecule has 0 aliphatic carbocycles. The second kappa shape index (κ2) is 8.11. The first kappa shape index (κ1) is 19.7. The molecule has 2 N–H and O–H groups in total. The Balaban J connectivity index is 1.59. The molecule has 0 fully saturated rings. The number of pyridine rings is 1. The zero-order valence-corrected chi connectivity index (χ0v) is 17.8. The molecule has 0 saturated carbocycles. The van der Waals surface area contributed by atoms with Crippen molar-refractivity contribution in [3.8, 4) is 11.4 Å². The lowest BCUT2D eigenvalue weighted by Gasteiger charge is -2.28. The lowest BCUT2D eigenvalue weighted by atomic mass is 9.98. The fourth-order valence-electron chi connectivity index (χ4n) is 3.80. The Labute approximate surface area is 185 Å². The monoisotopic (exact) mass is 422 g/mol. The Hall–Kier alpha value is -4.26. The molecule has 5 rings (SSSR count). The SMILES string of the molecule is CC1=C(C(=O)Nc2ccccc2)C(c2ccccn2)n2nc(-c3ccc(C)cc3)nc2N1. The van der Waals surface area contributed by atoms with Gasteiger partial charge in [0.2, 0.25) is 5.95 Å². The number of rotatable bonds is 4. The summed E-state index contributed by atoms with van der Waals surface area (Å²) < 4.78 is 1.74. The van der Waals surface area contributed by atoms with Crippen molar-refractivity contribution >= 4 is 17.5 Å². The molecule has 1 amide bonds. The Kier molecular flexibility index (Phi) is 4.99. The molecule has 7 heteroatoms. The van der Waals surface area contributed by atoms with E-state index in [-0.39, 0.29) is 5.91 Å². The molecule has 0 spiro atoms. The topological polar surface area (TPSA) is 84.7 Å². The third-order valence-electron chi connectivity index (χ3n) is 5.41. The van der Waals surface area contributed by atoms with Crippen LogP contribution < -0.4 is 10.6 Å². The maximum atomic E-state index is 13.4. The summed E-state index contributed by atoms with van der Waals surface area (Å²) in [6.07, 6.45) is 1.72. The molecule has 1 aliphatic rings. The third-order valence-corrected chi connectivity index (χ3v) is 5.41. The van der Waals surface area contributed by atoms with E-state index in [1.165, 1.54) is 5.56 Å². The fourth-order valence-corrected chi connectivity index (χ4v) is 3.80. The maximum Gasteiger partial charge on any atom is 0.255 e. The van der Waals surface area contributed by atoms with E-state index in [1.54, 1.807) is 10.9 Å². The predicted octanol–water partition coefficient (Wildman–Crippen LogP) is 4.58. The minimum atomic E-state index is -0.511. The van der Waals surface area contributed by atoms with E-state index in [1.807, 2.05) is 86.6 Å². The second-order valence-corrected chi connectivity index (χ2v) is 7.71. The minimum absolute atomic E-state index is 0.213. The van der Waals surface area contributed by atoms with Gasteiger partial charge in [0.15, 0.2) is 5.82 Å². The number of hydrogen-bond acceptors (Lipinski definition) is 5. The van der Waals surface area contributed by atoms with E-state index < -0.39 is 6.04 Å². The smallest absolute Gasteiger partial charge is 0.255 e. The average molecular weight is 422 g/mol. The highest BCUT2D eigenvalue weighted by Gasteiger charge is 2.35. The molecule has 32 heavy (non-hydrogen) atoms. The number of aryl methyl sites for hydroxylation is 1. The lowest BCUT2D eigenvalue weighted by molar-refractivity contribution is -0.113. The Morgan fingerprint density at radius 3 is 2.44 bits per heavy atom. The van der Waals surface area contributed by atoms with Gasteiger partial charge < -0.3 is 10.6 Å². The number of carbonyl (C=O) groups is 1. The molecule has 7 nitrogen and oxygen atoms in total. The molecule has 1 aliphatic heterocycles. The van der Waals surface area contributed by atoms with E-state index in [9.17, 15) is 4.79 Å². The van der Waals surface area contributed by atoms with Gasteiger partial charge in [0, 0.05) is 23.1 Å². The number of carbonyl (C=O) groups excluding carboxylic acids is 1. The van der Waals surface area contributed by atoms with Crippen molar-refractivity contribution in [1.29, 1.82) is 0 Å². The number of aromatic nitrogens is 4. The zero-order valence-electron chi connectivity index (χ0n) is 17.8. The molecule has 0 bridgehead atoms. The third kappa shape index (κ3) is 3.65. The first-order valence-electron chi connectivity index (χ1n) is 10.4.